The number of nitrogens with one attached hydrogen (secondary N) is 2. The van der Waals surface area contributed by atoms with E-state index in [1.165, 1.54) is 0 Å². The summed E-state index contributed by atoms with van der Waals surface area (Å²) in [6, 6.07) is -0.692. The molecule has 0 aromatic carbocycles. The lowest BCUT2D eigenvalue weighted by atomic mass is 10.0. The van der Waals surface area contributed by atoms with Crippen LogP contribution in [-0.2, 0) is 4.79 Å². The number of thiol groups is 1. The summed E-state index contributed by atoms with van der Waals surface area (Å²) in [5, 5.41) is 15.1. The quantitative estimate of drug-likeness (QED) is 0.695. The van der Waals surface area contributed by atoms with Gasteiger partial charge in [0.15, 0.2) is 5.82 Å². The van der Waals surface area contributed by atoms with Gasteiger partial charge in [0, 0.05) is 5.75 Å². The standard InChI is InChI=1S/C10H16F3N5OS/c1-5(2)3-7(8-15-17-18-16-8)14-9(19)6(4-20)10(11,12)13/h5-7,20H,3-4H2,1-2H3,(H,14,19)(H,15,16,17,18)/t6-,7?/m0/s1. The molecule has 1 aromatic rings. The van der Waals surface area contributed by atoms with E-state index in [-0.39, 0.29) is 11.7 Å². The predicted molar refractivity (Wildman–Crippen MR) is 67.9 cm³/mol. The predicted octanol–water partition coefficient (Wildman–Crippen LogP) is 1.51. The van der Waals surface area contributed by atoms with E-state index in [2.05, 4.69) is 38.6 Å². The normalized spacial score (nSPS) is 15.2. The van der Waals surface area contributed by atoms with E-state index >= 15 is 0 Å². The number of hydrogen-bond acceptors (Lipinski definition) is 5. The van der Waals surface area contributed by atoms with E-state index in [1.54, 1.807) is 0 Å². The Balaban J connectivity index is 2.82. The van der Waals surface area contributed by atoms with Gasteiger partial charge in [-0.05, 0) is 22.8 Å². The molecular weight excluding hydrogens is 295 g/mol. The Morgan fingerprint density at radius 2 is 2.10 bits per heavy atom. The molecule has 2 atom stereocenters. The van der Waals surface area contributed by atoms with Crippen molar-refractivity contribution in [2.75, 3.05) is 5.75 Å². The fourth-order valence-electron chi connectivity index (χ4n) is 1.63. The minimum atomic E-state index is -4.63. The lowest BCUT2D eigenvalue weighted by molar-refractivity contribution is -0.178. The highest BCUT2D eigenvalue weighted by atomic mass is 32.1. The number of alkyl halides is 3. The Kier molecular flexibility index (Phi) is 5.78. The third kappa shape index (κ3) is 4.66. The van der Waals surface area contributed by atoms with Gasteiger partial charge in [-0.25, -0.2) is 5.10 Å². The Bertz CT molecular complexity index is 423. The van der Waals surface area contributed by atoms with Crippen molar-refractivity contribution < 1.29 is 18.0 Å². The summed E-state index contributed by atoms with van der Waals surface area (Å²) in [5.41, 5.74) is 0. The van der Waals surface area contributed by atoms with Gasteiger partial charge in [-0.1, -0.05) is 13.8 Å². The van der Waals surface area contributed by atoms with Crippen LogP contribution in [-0.4, -0.2) is 38.5 Å². The van der Waals surface area contributed by atoms with Gasteiger partial charge in [0.05, 0.1) is 6.04 Å². The number of nitrogens with zero attached hydrogens (tertiary/aromatic N) is 3. The van der Waals surface area contributed by atoms with Crippen LogP contribution in [0.25, 0.3) is 0 Å². The van der Waals surface area contributed by atoms with Gasteiger partial charge in [-0.3, -0.25) is 4.79 Å². The molecule has 1 unspecified atom stereocenters. The Labute approximate surface area is 119 Å². The second-order valence-corrected chi connectivity index (χ2v) is 5.12. The molecule has 10 heteroatoms. The maximum absolute atomic E-state index is 12.7. The zero-order valence-corrected chi connectivity index (χ0v) is 11.9. The Morgan fingerprint density at radius 3 is 2.50 bits per heavy atom. The molecule has 0 aliphatic heterocycles. The van der Waals surface area contributed by atoms with Crippen LogP contribution in [0.15, 0.2) is 0 Å². The zero-order valence-electron chi connectivity index (χ0n) is 11.0. The molecular formula is C10H16F3N5OS. The number of aromatic nitrogens is 4. The summed E-state index contributed by atoms with van der Waals surface area (Å²) in [7, 11) is 0. The summed E-state index contributed by atoms with van der Waals surface area (Å²) in [4.78, 5) is 11.7. The van der Waals surface area contributed by atoms with Gasteiger partial charge >= 0.3 is 6.18 Å². The molecule has 2 N–H and O–H groups in total. The zero-order chi connectivity index (χ0) is 15.3. The highest BCUT2D eigenvalue weighted by molar-refractivity contribution is 7.80. The third-order valence-electron chi connectivity index (χ3n) is 2.61. The number of H-pyrrole nitrogens is 1. The summed E-state index contributed by atoms with van der Waals surface area (Å²) in [6.45, 7) is 3.76. The van der Waals surface area contributed by atoms with Crippen LogP contribution in [0.2, 0.25) is 0 Å². The fraction of sp³-hybridized carbons (Fsp3) is 0.800. The van der Waals surface area contributed by atoms with E-state index in [0.29, 0.717) is 6.42 Å². The monoisotopic (exact) mass is 311 g/mol. The first-order valence-electron chi connectivity index (χ1n) is 5.97. The fourth-order valence-corrected chi connectivity index (χ4v) is 2.00. The molecule has 0 aliphatic carbocycles. The van der Waals surface area contributed by atoms with E-state index in [1.807, 2.05) is 13.8 Å². The molecule has 0 fully saturated rings. The molecule has 1 amide bonds. The summed E-state index contributed by atoms with van der Waals surface area (Å²) in [6.07, 6.45) is -4.21. The molecule has 6 nitrogen and oxygen atoms in total. The molecule has 0 saturated carbocycles. The minimum absolute atomic E-state index is 0.144. The number of halogens is 3. The first-order valence-corrected chi connectivity index (χ1v) is 6.60. The van der Waals surface area contributed by atoms with Crippen LogP contribution < -0.4 is 5.32 Å². The molecule has 1 heterocycles. The van der Waals surface area contributed by atoms with Gasteiger partial charge in [0.25, 0.3) is 0 Å². The number of aromatic amines is 1. The molecule has 0 radical (unpaired) electrons. The van der Waals surface area contributed by atoms with Crippen molar-refractivity contribution in [1.29, 1.82) is 0 Å². The van der Waals surface area contributed by atoms with Crippen molar-refractivity contribution in [1.82, 2.24) is 25.9 Å². The maximum atomic E-state index is 12.7. The smallest absolute Gasteiger partial charge is 0.345 e. The van der Waals surface area contributed by atoms with Crippen LogP contribution in [0.3, 0.4) is 0 Å². The van der Waals surface area contributed by atoms with Crippen LogP contribution in [0.4, 0.5) is 13.2 Å². The Hall–Kier alpha value is -1.32. The van der Waals surface area contributed by atoms with Crippen molar-refractivity contribution in [3.8, 4) is 0 Å². The van der Waals surface area contributed by atoms with Crippen LogP contribution in [0.5, 0.6) is 0 Å². The van der Waals surface area contributed by atoms with Gasteiger partial charge in [-0.2, -0.15) is 25.8 Å². The first kappa shape index (κ1) is 16.7. The number of carbonyl (C=O) groups is 1. The van der Waals surface area contributed by atoms with Crippen molar-refractivity contribution in [2.24, 2.45) is 11.8 Å². The number of rotatable bonds is 6. The summed E-state index contributed by atoms with van der Waals surface area (Å²) in [5.74, 6) is -3.53. The summed E-state index contributed by atoms with van der Waals surface area (Å²) >= 11 is 3.59. The lowest BCUT2D eigenvalue weighted by Gasteiger charge is -2.22. The topological polar surface area (TPSA) is 83.6 Å². The maximum Gasteiger partial charge on any atom is 0.401 e. The number of tetrazole rings is 1. The average Bonchev–Trinajstić information content (AvgIpc) is 2.79. The molecule has 1 aromatic heterocycles. The van der Waals surface area contributed by atoms with Gasteiger partial charge < -0.3 is 5.32 Å². The van der Waals surface area contributed by atoms with E-state index < -0.39 is 29.8 Å². The highest BCUT2D eigenvalue weighted by Gasteiger charge is 2.44. The second-order valence-electron chi connectivity index (χ2n) is 4.75. The Morgan fingerprint density at radius 1 is 1.45 bits per heavy atom. The molecule has 0 bridgehead atoms. The molecule has 0 spiro atoms. The van der Waals surface area contributed by atoms with E-state index in [4.69, 9.17) is 0 Å². The highest BCUT2D eigenvalue weighted by Crippen LogP contribution is 2.28. The van der Waals surface area contributed by atoms with Crippen LogP contribution in [0, 0.1) is 11.8 Å². The van der Waals surface area contributed by atoms with E-state index in [9.17, 15) is 18.0 Å². The van der Waals surface area contributed by atoms with Gasteiger partial charge in [0.2, 0.25) is 5.91 Å². The molecule has 114 valence electrons. The van der Waals surface area contributed by atoms with Crippen molar-refractivity contribution in [3.05, 3.63) is 5.82 Å². The van der Waals surface area contributed by atoms with Crippen LogP contribution >= 0.6 is 12.6 Å². The van der Waals surface area contributed by atoms with E-state index in [0.717, 1.165) is 0 Å². The van der Waals surface area contributed by atoms with Gasteiger partial charge in [-0.15, -0.1) is 5.10 Å². The second kappa shape index (κ2) is 6.91. The SMILES string of the molecule is CC(C)CC(NC(=O)[C@H](CS)C(F)(F)F)c1nnn[nH]1. The lowest BCUT2D eigenvalue weighted by Crippen LogP contribution is -2.42. The van der Waals surface area contributed by atoms with Crippen molar-refractivity contribution in [2.45, 2.75) is 32.5 Å². The van der Waals surface area contributed by atoms with Crippen molar-refractivity contribution >= 4 is 18.5 Å². The number of carbonyl (C=O) groups excluding carboxylic acids is 1. The van der Waals surface area contributed by atoms with Crippen LogP contribution in [0.1, 0.15) is 32.1 Å². The third-order valence-corrected chi connectivity index (χ3v) is 2.97. The van der Waals surface area contributed by atoms with Gasteiger partial charge in [0.1, 0.15) is 5.92 Å². The first-order chi connectivity index (χ1) is 9.25. The van der Waals surface area contributed by atoms with Crippen molar-refractivity contribution in [3.63, 3.8) is 0 Å². The largest absolute Gasteiger partial charge is 0.401 e. The summed E-state index contributed by atoms with van der Waals surface area (Å²) < 4.78 is 38.0. The average molecular weight is 311 g/mol. The molecule has 20 heavy (non-hydrogen) atoms. The minimum Gasteiger partial charge on any atom is -0.345 e. The molecule has 0 aliphatic rings. The molecule has 1 rings (SSSR count). The number of amides is 1. The molecule has 0 saturated heterocycles. The number of hydrogen-bond donors (Lipinski definition) is 3.